The van der Waals surface area contributed by atoms with Crippen molar-refractivity contribution in [1.29, 1.82) is 0 Å². The first-order valence-electron chi connectivity index (χ1n) is 6.66. The van der Waals surface area contributed by atoms with Gasteiger partial charge in [-0.3, -0.25) is 4.79 Å². The summed E-state index contributed by atoms with van der Waals surface area (Å²) in [5.41, 5.74) is 1.39. The Balaban J connectivity index is 2.10. The van der Waals surface area contributed by atoms with Crippen LogP contribution in [0, 0.1) is 0 Å². The van der Waals surface area contributed by atoms with Gasteiger partial charge in [0.15, 0.2) is 5.78 Å². The fraction of sp³-hybridized carbons (Fsp3) is 0.176. The van der Waals surface area contributed by atoms with E-state index < -0.39 is 5.97 Å². The molecule has 0 saturated heterocycles. The normalized spacial score (nSPS) is 10.1. The van der Waals surface area contributed by atoms with E-state index >= 15 is 0 Å². The first kappa shape index (κ1) is 14.9. The zero-order valence-electron chi connectivity index (χ0n) is 11.5. The third-order valence-electron chi connectivity index (χ3n) is 3.00. The topological polar surface area (TPSA) is 63.6 Å². The number of ketones is 1. The summed E-state index contributed by atoms with van der Waals surface area (Å²) in [7, 11) is 0. The Bertz CT molecular complexity index is 620. The van der Waals surface area contributed by atoms with Crippen LogP contribution in [0.2, 0.25) is 0 Å². The van der Waals surface area contributed by atoms with Gasteiger partial charge in [-0.1, -0.05) is 48.5 Å². The van der Waals surface area contributed by atoms with Crippen molar-refractivity contribution in [3.63, 3.8) is 0 Å². The molecule has 1 N–H and O–H groups in total. The molecule has 2 rings (SSSR count). The lowest BCUT2D eigenvalue weighted by Gasteiger charge is -2.08. The molecular weight excluding hydrogens is 268 g/mol. The molecule has 0 aliphatic carbocycles. The van der Waals surface area contributed by atoms with Gasteiger partial charge >= 0.3 is 5.97 Å². The second kappa shape index (κ2) is 7.36. The summed E-state index contributed by atoms with van der Waals surface area (Å²) < 4.78 is 5.23. The molecule has 0 saturated carbocycles. The van der Waals surface area contributed by atoms with E-state index in [9.17, 15) is 9.59 Å². The second-order valence-corrected chi connectivity index (χ2v) is 4.50. The summed E-state index contributed by atoms with van der Waals surface area (Å²) in [6.45, 7) is -0.0889. The maximum absolute atomic E-state index is 12.1. The van der Waals surface area contributed by atoms with Crippen molar-refractivity contribution >= 4 is 11.8 Å². The SMILES string of the molecule is O=C(CCO)c1ccccc1C(=O)OCc1ccccc1. The van der Waals surface area contributed by atoms with Crippen LogP contribution in [0.5, 0.6) is 0 Å². The minimum atomic E-state index is -0.541. The van der Waals surface area contributed by atoms with Crippen molar-refractivity contribution in [2.45, 2.75) is 13.0 Å². The quantitative estimate of drug-likeness (QED) is 0.654. The van der Waals surface area contributed by atoms with Gasteiger partial charge in [-0.05, 0) is 11.6 Å². The lowest BCUT2D eigenvalue weighted by Crippen LogP contribution is -2.12. The molecule has 0 heterocycles. The van der Waals surface area contributed by atoms with Crippen molar-refractivity contribution in [3.05, 3.63) is 71.3 Å². The van der Waals surface area contributed by atoms with Crippen LogP contribution >= 0.6 is 0 Å². The summed E-state index contributed by atoms with van der Waals surface area (Å²) in [6, 6.07) is 15.8. The highest BCUT2D eigenvalue weighted by atomic mass is 16.5. The van der Waals surface area contributed by atoms with E-state index in [-0.39, 0.29) is 36.5 Å². The van der Waals surface area contributed by atoms with Gasteiger partial charge in [0.05, 0.1) is 12.2 Å². The summed E-state index contributed by atoms with van der Waals surface area (Å²) in [5.74, 6) is -0.814. The van der Waals surface area contributed by atoms with E-state index in [1.54, 1.807) is 24.3 Å². The molecule has 21 heavy (non-hydrogen) atoms. The predicted octanol–water partition coefficient (Wildman–Crippen LogP) is 2.61. The lowest BCUT2D eigenvalue weighted by atomic mass is 10.0. The lowest BCUT2D eigenvalue weighted by molar-refractivity contribution is 0.0469. The maximum atomic E-state index is 12.1. The van der Waals surface area contributed by atoms with Crippen molar-refractivity contribution < 1.29 is 19.4 Å². The number of esters is 1. The van der Waals surface area contributed by atoms with Crippen molar-refractivity contribution in [1.82, 2.24) is 0 Å². The molecule has 4 nitrogen and oxygen atoms in total. The number of aliphatic hydroxyl groups excluding tert-OH is 1. The smallest absolute Gasteiger partial charge is 0.339 e. The van der Waals surface area contributed by atoms with Crippen LogP contribution < -0.4 is 0 Å². The van der Waals surface area contributed by atoms with Crippen LogP contribution in [-0.2, 0) is 11.3 Å². The van der Waals surface area contributed by atoms with E-state index in [1.165, 1.54) is 0 Å². The van der Waals surface area contributed by atoms with E-state index in [4.69, 9.17) is 9.84 Å². The zero-order chi connectivity index (χ0) is 15.1. The average Bonchev–Trinajstić information content (AvgIpc) is 2.54. The Morgan fingerprint density at radius 1 is 0.905 bits per heavy atom. The molecule has 0 amide bonds. The highest BCUT2D eigenvalue weighted by molar-refractivity contribution is 6.06. The van der Waals surface area contributed by atoms with Crippen molar-refractivity contribution in [2.75, 3.05) is 6.61 Å². The van der Waals surface area contributed by atoms with Gasteiger partial charge in [-0.15, -0.1) is 0 Å². The maximum Gasteiger partial charge on any atom is 0.339 e. The number of carbonyl (C=O) groups excluding carboxylic acids is 2. The highest BCUT2D eigenvalue weighted by Gasteiger charge is 2.17. The first-order chi connectivity index (χ1) is 10.2. The number of hydrogen-bond acceptors (Lipinski definition) is 4. The number of hydrogen-bond donors (Lipinski definition) is 1. The van der Waals surface area contributed by atoms with Gasteiger partial charge in [0, 0.05) is 12.0 Å². The molecule has 0 spiro atoms. The molecule has 0 bridgehead atoms. The van der Waals surface area contributed by atoms with Crippen LogP contribution in [0.3, 0.4) is 0 Å². The van der Waals surface area contributed by atoms with Crippen molar-refractivity contribution in [3.8, 4) is 0 Å². The van der Waals surface area contributed by atoms with Crippen LogP contribution in [0.1, 0.15) is 32.7 Å². The molecule has 0 aliphatic heterocycles. The van der Waals surface area contributed by atoms with E-state index in [2.05, 4.69) is 0 Å². The third-order valence-corrected chi connectivity index (χ3v) is 3.00. The minimum Gasteiger partial charge on any atom is -0.457 e. The van der Waals surface area contributed by atoms with Crippen LogP contribution in [0.15, 0.2) is 54.6 Å². The van der Waals surface area contributed by atoms with Gasteiger partial charge in [0.25, 0.3) is 0 Å². The molecule has 0 atom stereocenters. The molecule has 0 fully saturated rings. The highest BCUT2D eigenvalue weighted by Crippen LogP contribution is 2.14. The van der Waals surface area contributed by atoms with Gasteiger partial charge in [0.1, 0.15) is 6.61 Å². The second-order valence-electron chi connectivity index (χ2n) is 4.50. The van der Waals surface area contributed by atoms with Gasteiger partial charge in [-0.2, -0.15) is 0 Å². The molecular formula is C17H16O4. The molecule has 2 aromatic rings. The summed E-state index contributed by atoms with van der Waals surface area (Å²) in [5, 5.41) is 8.84. The summed E-state index contributed by atoms with van der Waals surface area (Å²) in [4.78, 5) is 24.0. The Morgan fingerprint density at radius 3 is 2.19 bits per heavy atom. The van der Waals surface area contributed by atoms with Crippen LogP contribution in [0.4, 0.5) is 0 Å². The Labute approximate surface area is 123 Å². The number of carbonyl (C=O) groups is 2. The molecule has 0 aromatic heterocycles. The number of ether oxygens (including phenoxy) is 1. The van der Waals surface area contributed by atoms with Crippen LogP contribution in [-0.4, -0.2) is 23.5 Å². The average molecular weight is 284 g/mol. The van der Waals surface area contributed by atoms with E-state index in [0.29, 0.717) is 0 Å². The van der Waals surface area contributed by atoms with E-state index in [1.807, 2.05) is 30.3 Å². The first-order valence-corrected chi connectivity index (χ1v) is 6.66. The molecule has 2 aromatic carbocycles. The number of benzene rings is 2. The molecule has 0 aliphatic rings. The number of Topliss-reactive ketones (excluding diaryl/α,β-unsaturated/α-hetero) is 1. The Hall–Kier alpha value is -2.46. The predicted molar refractivity (Wildman–Crippen MR) is 78.0 cm³/mol. The summed E-state index contributed by atoms with van der Waals surface area (Å²) in [6.07, 6.45) is -0.0109. The largest absolute Gasteiger partial charge is 0.457 e. The molecule has 4 heteroatoms. The Morgan fingerprint density at radius 2 is 1.52 bits per heavy atom. The fourth-order valence-corrected chi connectivity index (χ4v) is 1.94. The number of rotatable bonds is 6. The van der Waals surface area contributed by atoms with Gasteiger partial charge in [0.2, 0.25) is 0 Å². The minimum absolute atomic E-state index is 0.0109. The number of aliphatic hydroxyl groups is 1. The molecule has 0 radical (unpaired) electrons. The van der Waals surface area contributed by atoms with Gasteiger partial charge < -0.3 is 9.84 Å². The standard InChI is InChI=1S/C17H16O4/c18-11-10-16(19)14-8-4-5-9-15(14)17(20)21-12-13-6-2-1-3-7-13/h1-9,18H,10-12H2. The van der Waals surface area contributed by atoms with Gasteiger partial charge in [-0.25, -0.2) is 4.79 Å². The van der Waals surface area contributed by atoms with Crippen molar-refractivity contribution in [2.24, 2.45) is 0 Å². The van der Waals surface area contributed by atoms with E-state index in [0.717, 1.165) is 5.56 Å². The molecule has 0 unspecified atom stereocenters. The molecule has 108 valence electrons. The van der Waals surface area contributed by atoms with Crippen LogP contribution in [0.25, 0.3) is 0 Å². The summed E-state index contributed by atoms with van der Waals surface area (Å²) >= 11 is 0. The third kappa shape index (κ3) is 4.00. The monoisotopic (exact) mass is 284 g/mol. The Kier molecular flexibility index (Phi) is 5.23. The fourth-order valence-electron chi connectivity index (χ4n) is 1.94. The zero-order valence-corrected chi connectivity index (χ0v) is 11.5.